The first-order valence-electron chi connectivity index (χ1n) is 13.7. The van der Waals surface area contributed by atoms with Crippen LogP contribution in [0, 0.1) is 5.92 Å². The van der Waals surface area contributed by atoms with Crippen LogP contribution in [0.2, 0.25) is 0 Å². The molecule has 0 bridgehead atoms. The van der Waals surface area contributed by atoms with E-state index in [2.05, 4.69) is 45.8 Å². The number of nitrogens with one attached hydrogen (secondary N) is 1. The number of benzene rings is 4. The number of piperidine rings is 1. The third kappa shape index (κ3) is 8.13. The van der Waals surface area contributed by atoms with Crippen molar-refractivity contribution in [2.75, 3.05) is 13.1 Å². The molecule has 0 aromatic heterocycles. The largest absolute Gasteiger partial charge is 0.489 e. The summed E-state index contributed by atoms with van der Waals surface area (Å²) < 4.78 is 5.81. The minimum Gasteiger partial charge on any atom is -0.489 e. The number of carbonyl (C=O) groups is 1. The molecule has 0 unspecified atom stereocenters. The van der Waals surface area contributed by atoms with Crippen molar-refractivity contribution in [1.82, 2.24) is 10.3 Å². The van der Waals surface area contributed by atoms with Crippen molar-refractivity contribution >= 4 is 12.1 Å². The smallest absolute Gasteiger partial charge is 0.271 e. The Morgan fingerprint density at radius 1 is 0.795 bits per heavy atom. The zero-order chi connectivity index (χ0) is 26.7. The second-order valence-electron chi connectivity index (χ2n) is 10.1. The van der Waals surface area contributed by atoms with Crippen LogP contribution in [0.1, 0.15) is 45.5 Å². The Bertz CT molecular complexity index is 1330. The number of hydrogen-bond acceptors (Lipinski definition) is 4. The van der Waals surface area contributed by atoms with Gasteiger partial charge in [-0.15, -0.1) is 0 Å². The van der Waals surface area contributed by atoms with Gasteiger partial charge in [0.25, 0.3) is 5.91 Å². The van der Waals surface area contributed by atoms with Crippen molar-refractivity contribution in [3.63, 3.8) is 0 Å². The van der Waals surface area contributed by atoms with Gasteiger partial charge >= 0.3 is 0 Å². The first-order valence-corrected chi connectivity index (χ1v) is 13.7. The third-order valence-electron chi connectivity index (χ3n) is 7.20. The minimum atomic E-state index is -0.220. The zero-order valence-corrected chi connectivity index (χ0v) is 22.2. The van der Waals surface area contributed by atoms with E-state index < -0.39 is 0 Å². The van der Waals surface area contributed by atoms with Crippen LogP contribution in [0.5, 0.6) is 5.75 Å². The molecule has 5 rings (SSSR count). The van der Waals surface area contributed by atoms with E-state index in [1.807, 2.05) is 78.9 Å². The highest BCUT2D eigenvalue weighted by molar-refractivity contribution is 5.94. The lowest BCUT2D eigenvalue weighted by Gasteiger charge is -2.32. The highest BCUT2D eigenvalue weighted by atomic mass is 16.5. The molecular formula is C34H35N3O2. The normalized spacial score (nSPS) is 14.4. The Balaban J connectivity index is 1.03. The van der Waals surface area contributed by atoms with Gasteiger partial charge in [0.2, 0.25) is 0 Å². The summed E-state index contributed by atoms with van der Waals surface area (Å²) in [5.41, 5.74) is 7.89. The number of ether oxygens (including phenoxy) is 1. The molecule has 0 atom stereocenters. The van der Waals surface area contributed by atoms with Crippen molar-refractivity contribution in [2.24, 2.45) is 11.0 Å². The molecule has 4 aromatic carbocycles. The van der Waals surface area contributed by atoms with Gasteiger partial charge in [0.15, 0.2) is 0 Å². The number of nitrogens with zero attached hydrogens (tertiary/aromatic N) is 2. The summed E-state index contributed by atoms with van der Waals surface area (Å²) in [5, 5.41) is 4.12. The average molecular weight is 518 g/mol. The molecule has 5 heteroatoms. The van der Waals surface area contributed by atoms with E-state index in [9.17, 15) is 4.79 Å². The van der Waals surface area contributed by atoms with Crippen LogP contribution in [-0.2, 0) is 19.6 Å². The number of hydrogen-bond donors (Lipinski definition) is 1. The van der Waals surface area contributed by atoms with Gasteiger partial charge in [0, 0.05) is 12.1 Å². The predicted octanol–water partition coefficient (Wildman–Crippen LogP) is 6.48. The van der Waals surface area contributed by atoms with Gasteiger partial charge in [-0.1, -0.05) is 72.8 Å². The molecule has 1 heterocycles. The molecule has 4 aromatic rings. The van der Waals surface area contributed by atoms with Crippen molar-refractivity contribution < 1.29 is 9.53 Å². The topological polar surface area (TPSA) is 53.9 Å². The average Bonchev–Trinajstić information content (AvgIpc) is 2.99. The van der Waals surface area contributed by atoms with Crippen LogP contribution in [0.15, 0.2) is 114 Å². The van der Waals surface area contributed by atoms with Crippen LogP contribution in [0.3, 0.4) is 0 Å². The fraction of sp³-hybridized carbons (Fsp3) is 0.235. The second kappa shape index (κ2) is 13.5. The quantitative estimate of drug-likeness (QED) is 0.193. The fourth-order valence-electron chi connectivity index (χ4n) is 4.94. The number of carbonyl (C=O) groups excluding carboxylic acids is 1. The standard InChI is InChI=1S/C34H35N3O2/c38-34(36-35-24-29-13-17-33(18-14-29)39-26-31-9-5-2-6-10-31)32-15-11-30(12-16-32)25-37-21-19-28(20-22-37)23-27-7-3-1-4-8-27/h1-18,24,28H,19-23,25-26H2,(H,36,38)/b35-24-. The van der Waals surface area contributed by atoms with Crippen molar-refractivity contribution in [2.45, 2.75) is 32.4 Å². The summed E-state index contributed by atoms with van der Waals surface area (Å²) >= 11 is 0. The van der Waals surface area contributed by atoms with Crippen LogP contribution < -0.4 is 10.2 Å². The Labute approximate surface area is 231 Å². The number of amides is 1. The Hall–Kier alpha value is -4.22. The SMILES string of the molecule is O=C(N/N=C\c1ccc(OCc2ccccc2)cc1)c1ccc(CN2CCC(Cc3ccccc3)CC2)cc1. The molecule has 1 aliphatic rings. The van der Waals surface area contributed by atoms with Gasteiger partial charge in [-0.25, -0.2) is 5.43 Å². The summed E-state index contributed by atoms with van der Waals surface area (Å²) in [4.78, 5) is 15.1. The van der Waals surface area contributed by atoms with Gasteiger partial charge in [0.05, 0.1) is 6.21 Å². The predicted molar refractivity (Wildman–Crippen MR) is 157 cm³/mol. The maximum Gasteiger partial charge on any atom is 0.271 e. The first-order chi connectivity index (χ1) is 19.2. The molecule has 0 radical (unpaired) electrons. The molecule has 1 saturated heterocycles. The Kier molecular flexibility index (Phi) is 9.16. The highest BCUT2D eigenvalue weighted by Crippen LogP contribution is 2.23. The summed E-state index contributed by atoms with van der Waals surface area (Å²) in [6.45, 7) is 3.68. The molecule has 0 spiro atoms. The van der Waals surface area contributed by atoms with E-state index in [4.69, 9.17) is 4.74 Å². The fourth-order valence-corrected chi connectivity index (χ4v) is 4.94. The summed E-state index contributed by atoms with van der Waals surface area (Å²) in [6, 6.07) is 36.3. The lowest BCUT2D eigenvalue weighted by atomic mass is 9.90. The van der Waals surface area contributed by atoms with E-state index >= 15 is 0 Å². The van der Waals surface area contributed by atoms with Gasteiger partial charge in [-0.2, -0.15) is 5.10 Å². The third-order valence-corrected chi connectivity index (χ3v) is 7.20. The maximum atomic E-state index is 12.5. The molecule has 1 amide bonds. The monoisotopic (exact) mass is 517 g/mol. The molecule has 1 N–H and O–H groups in total. The molecule has 0 saturated carbocycles. The molecule has 1 aliphatic heterocycles. The van der Waals surface area contributed by atoms with E-state index in [0.29, 0.717) is 12.2 Å². The number of rotatable bonds is 10. The first kappa shape index (κ1) is 26.4. The molecule has 39 heavy (non-hydrogen) atoms. The summed E-state index contributed by atoms with van der Waals surface area (Å²) in [5.74, 6) is 1.33. The Morgan fingerprint density at radius 3 is 2.10 bits per heavy atom. The van der Waals surface area contributed by atoms with E-state index in [1.165, 1.54) is 30.4 Å². The minimum absolute atomic E-state index is 0.220. The number of likely N-dealkylation sites (tertiary alicyclic amines) is 1. The number of hydrazone groups is 1. The lowest BCUT2D eigenvalue weighted by Crippen LogP contribution is -2.33. The molecule has 198 valence electrons. The van der Waals surface area contributed by atoms with Crippen LogP contribution in [0.25, 0.3) is 0 Å². The zero-order valence-electron chi connectivity index (χ0n) is 22.2. The van der Waals surface area contributed by atoms with E-state index in [-0.39, 0.29) is 5.91 Å². The van der Waals surface area contributed by atoms with Crippen LogP contribution >= 0.6 is 0 Å². The summed E-state index contributed by atoms with van der Waals surface area (Å²) in [7, 11) is 0. The summed E-state index contributed by atoms with van der Waals surface area (Å²) in [6.07, 6.45) is 5.28. The van der Waals surface area contributed by atoms with E-state index in [0.717, 1.165) is 42.4 Å². The Morgan fingerprint density at radius 2 is 1.44 bits per heavy atom. The molecule has 1 fully saturated rings. The van der Waals surface area contributed by atoms with Gasteiger partial charge < -0.3 is 4.74 Å². The van der Waals surface area contributed by atoms with Crippen molar-refractivity contribution in [3.8, 4) is 5.75 Å². The molecule has 0 aliphatic carbocycles. The molecular weight excluding hydrogens is 482 g/mol. The van der Waals surface area contributed by atoms with Gasteiger partial charge in [-0.05, 0) is 96.9 Å². The van der Waals surface area contributed by atoms with Crippen molar-refractivity contribution in [3.05, 3.63) is 137 Å². The second-order valence-corrected chi connectivity index (χ2v) is 10.1. The van der Waals surface area contributed by atoms with Gasteiger partial charge in [0.1, 0.15) is 12.4 Å². The van der Waals surface area contributed by atoms with Crippen LogP contribution in [-0.4, -0.2) is 30.1 Å². The lowest BCUT2D eigenvalue weighted by molar-refractivity contribution is 0.0955. The highest BCUT2D eigenvalue weighted by Gasteiger charge is 2.19. The maximum absolute atomic E-state index is 12.5. The van der Waals surface area contributed by atoms with Crippen LogP contribution in [0.4, 0.5) is 0 Å². The van der Waals surface area contributed by atoms with Crippen molar-refractivity contribution in [1.29, 1.82) is 0 Å². The van der Waals surface area contributed by atoms with Gasteiger partial charge in [-0.3, -0.25) is 9.69 Å². The van der Waals surface area contributed by atoms with E-state index in [1.54, 1.807) is 6.21 Å². The molecule has 5 nitrogen and oxygen atoms in total.